The third-order valence-electron chi connectivity index (χ3n) is 5.05. The van der Waals surface area contributed by atoms with Crippen LogP contribution in [0, 0.1) is 19.7 Å². The normalized spacial score (nSPS) is 12.7. The number of hydrogen-bond acceptors (Lipinski definition) is 6. The van der Waals surface area contributed by atoms with E-state index in [-0.39, 0.29) is 22.8 Å². The summed E-state index contributed by atoms with van der Waals surface area (Å²) in [6.45, 7) is 3.35. The van der Waals surface area contributed by atoms with E-state index >= 15 is 0 Å². The molecule has 12 heteroatoms. The molecule has 0 saturated carbocycles. The first-order chi connectivity index (χ1) is 16.0. The molecular weight excluding hydrogens is 456 g/mol. The van der Waals surface area contributed by atoms with Crippen molar-refractivity contribution in [2.45, 2.75) is 26.1 Å². The number of rotatable bonds is 4. The van der Waals surface area contributed by atoms with Crippen LogP contribution in [0.25, 0.3) is 16.7 Å². The first kappa shape index (κ1) is 23.1. The first-order valence-corrected chi connectivity index (χ1v) is 9.91. The van der Waals surface area contributed by atoms with Gasteiger partial charge < -0.3 is 16.2 Å². The summed E-state index contributed by atoms with van der Waals surface area (Å²) in [6, 6.07) is 7.42. The predicted molar refractivity (Wildman–Crippen MR) is 116 cm³/mol. The number of alkyl halides is 3. The number of aromatic nitrogens is 4. The quantitative estimate of drug-likeness (QED) is 0.387. The van der Waals surface area contributed by atoms with Gasteiger partial charge in [0.1, 0.15) is 22.5 Å². The van der Waals surface area contributed by atoms with Gasteiger partial charge in [-0.05, 0) is 49.7 Å². The van der Waals surface area contributed by atoms with E-state index < -0.39 is 29.6 Å². The minimum absolute atomic E-state index is 0.00804. The second kappa shape index (κ2) is 8.37. The van der Waals surface area contributed by atoms with E-state index in [0.717, 1.165) is 18.2 Å². The van der Waals surface area contributed by atoms with Gasteiger partial charge in [-0.15, -0.1) is 0 Å². The van der Waals surface area contributed by atoms with Crippen molar-refractivity contribution in [2.75, 3.05) is 11.1 Å². The first-order valence-electron chi connectivity index (χ1n) is 9.91. The van der Waals surface area contributed by atoms with Gasteiger partial charge in [-0.1, -0.05) is 12.1 Å². The number of fused-ring (bicyclic) bond motifs is 1. The Hall–Kier alpha value is -4.06. The molecule has 4 aromatic rings. The molecule has 0 aliphatic heterocycles. The number of halogens is 4. The Morgan fingerprint density at radius 2 is 1.88 bits per heavy atom. The second-order valence-corrected chi connectivity index (χ2v) is 7.53. The van der Waals surface area contributed by atoms with Crippen molar-refractivity contribution in [2.24, 2.45) is 0 Å². The van der Waals surface area contributed by atoms with Crippen molar-refractivity contribution in [1.82, 2.24) is 19.7 Å². The lowest BCUT2D eigenvalue weighted by atomic mass is 10.0. The number of carbonyl (C=O) groups excluding carboxylic acids is 1. The van der Waals surface area contributed by atoms with E-state index in [9.17, 15) is 27.5 Å². The SMILES string of the molecule is Cc1nc(N)c2c(n1)c(C)nn2-c1ccc(NC(=O)[C@H](O)c2cccc(C(F)(F)F)c2)cc1F. The topological polar surface area (TPSA) is 119 Å². The van der Waals surface area contributed by atoms with Gasteiger partial charge in [0, 0.05) is 5.69 Å². The molecule has 0 aliphatic rings. The Morgan fingerprint density at radius 1 is 1.15 bits per heavy atom. The Labute approximate surface area is 190 Å². The van der Waals surface area contributed by atoms with Crippen LogP contribution in [0.15, 0.2) is 42.5 Å². The van der Waals surface area contributed by atoms with Gasteiger partial charge in [0.05, 0.1) is 11.3 Å². The molecule has 0 bridgehead atoms. The second-order valence-electron chi connectivity index (χ2n) is 7.53. The maximum atomic E-state index is 15.0. The van der Waals surface area contributed by atoms with Gasteiger partial charge in [-0.3, -0.25) is 4.79 Å². The van der Waals surface area contributed by atoms with Crippen LogP contribution in [0.3, 0.4) is 0 Å². The monoisotopic (exact) mass is 474 g/mol. The minimum atomic E-state index is -4.63. The minimum Gasteiger partial charge on any atom is -0.382 e. The highest BCUT2D eigenvalue weighted by atomic mass is 19.4. The Bertz CT molecular complexity index is 1420. The molecule has 2 aromatic heterocycles. The number of aliphatic hydroxyl groups is 1. The fourth-order valence-electron chi connectivity index (χ4n) is 3.47. The number of aryl methyl sites for hydroxylation is 2. The smallest absolute Gasteiger partial charge is 0.382 e. The zero-order chi connectivity index (χ0) is 24.8. The number of amides is 1. The van der Waals surface area contributed by atoms with Gasteiger partial charge >= 0.3 is 6.18 Å². The van der Waals surface area contributed by atoms with E-state index in [1.54, 1.807) is 13.8 Å². The number of benzene rings is 2. The molecule has 4 N–H and O–H groups in total. The van der Waals surface area contributed by atoms with Gasteiger partial charge in [0.25, 0.3) is 5.91 Å². The fourth-order valence-corrected chi connectivity index (χ4v) is 3.47. The lowest BCUT2D eigenvalue weighted by Gasteiger charge is -2.14. The van der Waals surface area contributed by atoms with E-state index in [2.05, 4.69) is 20.4 Å². The summed E-state index contributed by atoms with van der Waals surface area (Å²) in [5.74, 6) is -1.26. The lowest BCUT2D eigenvalue weighted by Crippen LogP contribution is -2.21. The average Bonchev–Trinajstić information content (AvgIpc) is 3.09. The van der Waals surface area contributed by atoms with Gasteiger partial charge in [-0.2, -0.15) is 18.3 Å². The van der Waals surface area contributed by atoms with Crippen LogP contribution in [0.2, 0.25) is 0 Å². The van der Waals surface area contributed by atoms with E-state index in [4.69, 9.17) is 5.73 Å². The van der Waals surface area contributed by atoms with E-state index in [1.807, 2.05) is 0 Å². The number of anilines is 2. The molecular formula is C22H18F4N6O2. The fraction of sp³-hybridized carbons (Fsp3) is 0.182. The van der Waals surface area contributed by atoms with Crippen molar-refractivity contribution in [3.63, 3.8) is 0 Å². The molecule has 0 saturated heterocycles. The number of nitrogens with one attached hydrogen (secondary N) is 1. The molecule has 0 aliphatic carbocycles. The number of aliphatic hydroxyl groups excluding tert-OH is 1. The van der Waals surface area contributed by atoms with Crippen LogP contribution in [-0.2, 0) is 11.0 Å². The number of hydrogen-bond donors (Lipinski definition) is 3. The summed E-state index contributed by atoms with van der Waals surface area (Å²) in [5, 5.41) is 16.8. The lowest BCUT2D eigenvalue weighted by molar-refractivity contribution is -0.138. The van der Waals surface area contributed by atoms with Crippen LogP contribution < -0.4 is 11.1 Å². The number of nitrogens with zero attached hydrogens (tertiary/aromatic N) is 4. The number of nitrogens with two attached hydrogens (primary N) is 1. The zero-order valence-corrected chi connectivity index (χ0v) is 17.9. The summed E-state index contributed by atoms with van der Waals surface area (Å²) < 4.78 is 54.9. The summed E-state index contributed by atoms with van der Waals surface area (Å²) in [6.07, 6.45) is -6.53. The highest BCUT2D eigenvalue weighted by Crippen LogP contribution is 2.31. The Morgan fingerprint density at radius 3 is 2.56 bits per heavy atom. The van der Waals surface area contributed by atoms with Crippen molar-refractivity contribution in [3.05, 3.63) is 70.9 Å². The number of nitrogen functional groups attached to an aromatic ring is 1. The molecule has 1 atom stereocenters. The van der Waals surface area contributed by atoms with Crippen LogP contribution in [-0.4, -0.2) is 30.8 Å². The Kier molecular flexibility index (Phi) is 5.69. The molecule has 2 aromatic carbocycles. The summed E-state index contributed by atoms with van der Waals surface area (Å²) in [7, 11) is 0. The third-order valence-corrected chi connectivity index (χ3v) is 5.05. The molecule has 0 spiro atoms. The van der Waals surface area contributed by atoms with Crippen LogP contribution in [0.5, 0.6) is 0 Å². The predicted octanol–water partition coefficient (Wildman–Crippen LogP) is 3.84. The van der Waals surface area contributed by atoms with E-state index in [1.165, 1.54) is 22.9 Å². The molecule has 0 unspecified atom stereocenters. The summed E-state index contributed by atoms with van der Waals surface area (Å²) in [5.41, 5.74) is 6.00. The molecule has 176 valence electrons. The number of carbonyl (C=O) groups is 1. The van der Waals surface area contributed by atoms with Crippen LogP contribution >= 0.6 is 0 Å². The highest BCUT2D eigenvalue weighted by molar-refractivity contribution is 5.95. The molecule has 2 heterocycles. The maximum Gasteiger partial charge on any atom is 0.416 e. The highest BCUT2D eigenvalue weighted by Gasteiger charge is 2.31. The standard InChI is InChI=1S/C22H18F4N6O2/c1-10-17-18(20(27)29-11(2)28-17)32(31-10)16-7-6-14(9-15(16)23)30-21(34)19(33)12-4-3-5-13(8-12)22(24,25)26/h3-9,19,33H,1-2H3,(H,30,34)(H2,27,28,29)/t19-/m1/s1. The van der Waals surface area contributed by atoms with Gasteiger partial charge in [0.2, 0.25) is 0 Å². The maximum absolute atomic E-state index is 15.0. The molecule has 4 rings (SSSR count). The van der Waals surface area contributed by atoms with Gasteiger partial charge in [-0.25, -0.2) is 19.0 Å². The van der Waals surface area contributed by atoms with Crippen LogP contribution in [0.1, 0.15) is 28.7 Å². The molecule has 34 heavy (non-hydrogen) atoms. The summed E-state index contributed by atoms with van der Waals surface area (Å²) >= 11 is 0. The Balaban J connectivity index is 1.60. The average molecular weight is 474 g/mol. The van der Waals surface area contributed by atoms with Crippen LogP contribution in [0.4, 0.5) is 29.1 Å². The molecule has 0 fully saturated rings. The molecule has 8 nitrogen and oxygen atoms in total. The van der Waals surface area contributed by atoms with Crippen molar-refractivity contribution in [3.8, 4) is 5.69 Å². The van der Waals surface area contributed by atoms with Crippen molar-refractivity contribution in [1.29, 1.82) is 0 Å². The van der Waals surface area contributed by atoms with Gasteiger partial charge in [0.15, 0.2) is 17.7 Å². The zero-order valence-electron chi connectivity index (χ0n) is 17.9. The third kappa shape index (κ3) is 4.27. The summed E-state index contributed by atoms with van der Waals surface area (Å²) in [4.78, 5) is 20.8. The van der Waals surface area contributed by atoms with Crippen molar-refractivity contribution < 1.29 is 27.5 Å². The van der Waals surface area contributed by atoms with Crippen molar-refractivity contribution >= 4 is 28.4 Å². The molecule has 1 amide bonds. The van der Waals surface area contributed by atoms with E-state index in [0.29, 0.717) is 28.6 Å². The molecule has 0 radical (unpaired) electrons. The largest absolute Gasteiger partial charge is 0.416 e.